The van der Waals surface area contributed by atoms with Crippen molar-refractivity contribution in [2.24, 2.45) is 0 Å². The molecule has 16 heavy (non-hydrogen) atoms. The Bertz CT molecular complexity index is 367. The lowest BCUT2D eigenvalue weighted by atomic mass is 10.1. The zero-order valence-corrected chi connectivity index (χ0v) is 11.2. The van der Waals surface area contributed by atoms with Crippen LogP contribution in [-0.2, 0) is 0 Å². The van der Waals surface area contributed by atoms with Crippen LogP contribution in [0.5, 0.6) is 0 Å². The molecule has 0 saturated heterocycles. The second kappa shape index (κ2) is 8.17. The highest BCUT2D eigenvalue weighted by Gasteiger charge is 2.03. The van der Waals surface area contributed by atoms with Crippen LogP contribution in [0.15, 0.2) is 36.9 Å². The van der Waals surface area contributed by atoms with Gasteiger partial charge < -0.3 is 0 Å². The van der Waals surface area contributed by atoms with Gasteiger partial charge in [-0.05, 0) is 42.5 Å². The molecule has 1 rings (SSSR count). The SMILES string of the molecule is C=C/C=C(\SC)c1ccc(F)cc1C.CC. The molecule has 1 aromatic carbocycles. The first-order valence-electron chi connectivity index (χ1n) is 5.32. The van der Waals surface area contributed by atoms with E-state index in [0.29, 0.717) is 0 Å². The van der Waals surface area contributed by atoms with Gasteiger partial charge in [-0.3, -0.25) is 0 Å². The van der Waals surface area contributed by atoms with E-state index in [0.717, 1.165) is 16.0 Å². The van der Waals surface area contributed by atoms with E-state index in [1.807, 2.05) is 33.1 Å². The second-order valence-electron chi connectivity index (χ2n) is 2.93. The summed E-state index contributed by atoms with van der Waals surface area (Å²) in [5, 5.41) is 0. The molecule has 0 unspecified atom stereocenters. The first-order chi connectivity index (χ1) is 7.69. The molecule has 0 fully saturated rings. The van der Waals surface area contributed by atoms with Gasteiger partial charge in [-0.25, -0.2) is 4.39 Å². The average Bonchev–Trinajstić information content (AvgIpc) is 2.29. The van der Waals surface area contributed by atoms with Gasteiger partial charge in [0.05, 0.1) is 0 Å². The van der Waals surface area contributed by atoms with Crippen molar-refractivity contribution in [1.82, 2.24) is 0 Å². The lowest BCUT2D eigenvalue weighted by Gasteiger charge is -2.07. The summed E-state index contributed by atoms with van der Waals surface area (Å²) < 4.78 is 12.9. The van der Waals surface area contributed by atoms with Crippen LogP contribution < -0.4 is 0 Å². The van der Waals surface area contributed by atoms with E-state index in [4.69, 9.17) is 0 Å². The zero-order chi connectivity index (χ0) is 12.6. The minimum absolute atomic E-state index is 0.190. The molecule has 0 spiro atoms. The molecule has 0 aliphatic heterocycles. The Morgan fingerprint density at radius 3 is 2.44 bits per heavy atom. The molecular weight excluding hydrogens is 219 g/mol. The number of aryl methyl sites for hydroxylation is 1. The molecule has 0 aliphatic carbocycles. The predicted octanol–water partition coefficient (Wildman–Crippen LogP) is 5.05. The van der Waals surface area contributed by atoms with Gasteiger partial charge in [0, 0.05) is 4.91 Å². The van der Waals surface area contributed by atoms with Gasteiger partial charge in [0.15, 0.2) is 0 Å². The van der Waals surface area contributed by atoms with E-state index in [1.165, 1.54) is 6.07 Å². The van der Waals surface area contributed by atoms with Crippen LogP contribution in [0.4, 0.5) is 4.39 Å². The predicted molar refractivity (Wildman–Crippen MR) is 74.2 cm³/mol. The summed E-state index contributed by atoms with van der Waals surface area (Å²) in [6, 6.07) is 4.83. The molecule has 0 N–H and O–H groups in total. The fourth-order valence-corrected chi connectivity index (χ4v) is 1.96. The number of allylic oxidation sites excluding steroid dienone is 2. The van der Waals surface area contributed by atoms with Crippen molar-refractivity contribution in [2.45, 2.75) is 20.8 Å². The molecule has 1 aromatic rings. The average molecular weight is 238 g/mol. The van der Waals surface area contributed by atoms with Crippen LogP contribution in [0.2, 0.25) is 0 Å². The summed E-state index contributed by atoms with van der Waals surface area (Å²) in [5.41, 5.74) is 2.02. The van der Waals surface area contributed by atoms with Crippen molar-refractivity contribution in [2.75, 3.05) is 6.26 Å². The number of benzene rings is 1. The van der Waals surface area contributed by atoms with Crippen LogP contribution in [0, 0.1) is 12.7 Å². The van der Waals surface area contributed by atoms with E-state index < -0.39 is 0 Å². The lowest BCUT2D eigenvalue weighted by molar-refractivity contribution is 0.626. The smallest absolute Gasteiger partial charge is 0.123 e. The number of hydrogen-bond acceptors (Lipinski definition) is 1. The van der Waals surface area contributed by atoms with E-state index in [-0.39, 0.29) is 5.82 Å². The Balaban J connectivity index is 0.00000106. The molecule has 88 valence electrons. The van der Waals surface area contributed by atoms with Crippen molar-refractivity contribution in [1.29, 1.82) is 0 Å². The van der Waals surface area contributed by atoms with Gasteiger partial charge in [-0.15, -0.1) is 11.8 Å². The monoisotopic (exact) mass is 238 g/mol. The fourth-order valence-electron chi connectivity index (χ4n) is 1.28. The second-order valence-corrected chi connectivity index (χ2v) is 3.78. The van der Waals surface area contributed by atoms with Crippen LogP contribution >= 0.6 is 11.8 Å². The Labute approximate surface area is 102 Å². The van der Waals surface area contributed by atoms with Crippen molar-refractivity contribution in [3.63, 3.8) is 0 Å². The maximum atomic E-state index is 12.9. The van der Waals surface area contributed by atoms with Crippen molar-refractivity contribution < 1.29 is 4.39 Å². The topological polar surface area (TPSA) is 0 Å². The maximum Gasteiger partial charge on any atom is 0.123 e. The van der Waals surface area contributed by atoms with Crippen molar-refractivity contribution in [3.8, 4) is 0 Å². The minimum atomic E-state index is -0.190. The van der Waals surface area contributed by atoms with Gasteiger partial charge in [0.25, 0.3) is 0 Å². The Morgan fingerprint density at radius 2 is 2.00 bits per heavy atom. The van der Waals surface area contributed by atoms with Crippen molar-refractivity contribution in [3.05, 3.63) is 53.9 Å². The summed E-state index contributed by atoms with van der Waals surface area (Å²) in [6.45, 7) is 9.57. The standard InChI is InChI=1S/C12H13FS.C2H6/c1-4-5-12(14-3)11-7-6-10(13)8-9(11)2;1-2/h4-8H,1H2,2-3H3;1-2H3/b12-5-;. The van der Waals surface area contributed by atoms with Crippen LogP contribution in [0.3, 0.4) is 0 Å². The number of halogens is 1. The third kappa shape index (κ3) is 4.23. The molecule has 0 amide bonds. The van der Waals surface area contributed by atoms with Gasteiger partial charge in [0.2, 0.25) is 0 Å². The third-order valence-corrected chi connectivity index (χ3v) is 2.74. The quantitative estimate of drug-likeness (QED) is 0.664. The summed E-state index contributed by atoms with van der Waals surface area (Å²) in [6.07, 6.45) is 5.68. The number of rotatable bonds is 3. The molecule has 0 atom stereocenters. The molecule has 0 aliphatic rings. The van der Waals surface area contributed by atoms with E-state index >= 15 is 0 Å². The highest BCUT2D eigenvalue weighted by Crippen LogP contribution is 2.28. The van der Waals surface area contributed by atoms with Gasteiger partial charge in [-0.1, -0.05) is 32.6 Å². The van der Waals surface area contributed by atoms with Crippen LogP contribution in [0.25, 0.3) is 4.91 Å². The fraction of sp³-hybridized carbons (Fsp3) is 0.286. The minimum Gasteiger partial charge on any atom is -0.207 e. The van der Waals surface area contributed by atoms with Gasteiger partial charge in [0.1, 0.15) is 5.82 Å². The van der Waals surface area contributed by atoms with Gasteiger partial charge in [-0.2, -0.15) is 0 Å². The molecule has 2 heteroatoms. The number of hydrogen-bond donors (Lipinski definition) is 0. The van der Waals surface area contributed by atoms with E-state index in [1.54, 1.807) is 30.0 Å². The third-order valence-electron chi connectivity index (χ3n) is 1.94. The highest BCUT2D eigenvalue weighted by molar-refractivity contribution is 8.07. The molecular formula is C14H19FS. The molecule has 0 bridgehead atoms. The normalized spacial score (nSPS) is 10.4. The van der Waals surface area contributed by atoms with Crippen molar-refractivity contribution >= 4 is 16.7 Å². The van der Waals surface area contributed by atoms with Crippen LogP contribution in [0.1, 0.15) is 25.0 Å². The molecule has 0 saturated carbocycles. The number of thioether (sulfide) groups is 1. The molecule has 0 nitrogen and oxygen atoms in total. The van der Waals surface area contributed by atoms with Crippen LogP contribution in [-0.4, -0.2) is 6.26 Å². The first kappa shape index (κ1) is 15.0. The zero-order valence-electron chi connectivity index (χ0n) is 10.4. The summed E-state index contributed by atoms with van der Waals surface area (Å²) in [4.78, 5) is 1.11. The molecule has 0 aromatic heterocycles. The van der Waals surface area contributed by atoms with Gasteiger partial charge >= 0.3 is 0 Å². The summed E-state index contributed by atoms with van der Waals surface area (Å²) in [7, 11) is 0. The summed E-state index contributed by atoms with van der Waals surface area (Å²) in [5.74, 6) is -0.190. The summed E-state index contributed by atoms with van der Waals surface area (Å²) >= 11 is 1.64. The Kier molecular flexibility index (Phi) is 7.65. The highest BCUT2D eigenvalue weighted by atomic mass is 32.2. The van der Waals surface area contributed by atoms with E-state index in [9.17, 15) is 4.39 Å². The molecule has 0 heterocycles. The maximum absolute atomic E-state index is 12.9. The van der Waals surface area contributed by atoms with E-state index in [2.05, 4.69) is 6.58 Å². The molecule has 0 radical (unpaired) electrons. The Hall–Kier alpha value is -1.02. The Morgan fingerprint density at radius 1 is 1.38 bits per heavy atom. The first-order valence-corrected chi connectivity index (χ1v) is 6.54. The lowest BCUT2D eigenvalue weighted by Crippen LogP contribution is -1.87. The largest absolute Gasteiger partial charge is 0.207 e.